The van der Waals surface area contributed by atoms with Crippen LogP contribution in [0.2, 0.25) is 5.02 Å². The van der Waals surface area contributed by atoms with E-state index in [2.05, 4.69) is 5.32 Å². The zero-order valence-corrected chi connectivity index (χ0v) is 25.1. The summed E-state index contributed by atoms with van der Waals surface area (Å²) in [5.41, 5.74) is 3.05. The number of benzene rings is 3. The smallest absolute Gasteiger partial charge is 0.244 e. The van der Waals surface area contributed by atoms with Gasteiger partial charge in [-0.05, 0) is 53.3 Å². The molecule has 3 aromatic rings. The highest BCUT2D eigenvalue weighted by Crippen LogP contribution is 2.22. The molecule has 9 heteroatoms. The Morgan fingerprint density at radius 3 is 2.12 bits per heavy atom. The Hall–Kier alpha value is -3.36. The van der Waals surface area contributed by atoms with Crippen LogP contribution in [0.25, 0.3) is 0 Å². The molecular weight excluding hydrogens is 546 g/mol. The van der Waals surface area contributed by atoms with Crippen molar-refractivity contribution in [2.45, 2.75) is 46.2 Å². The van der Waals surface area contributed by atoms with E-state index in [0.717, 1.165) is 33.7 Å². The number of carbonyl (C=O) groups excluding carboxylic acids is 2. The first kappa shape index (κ1) is 31.2. The second-order valence-electron chi connectivity index (χ2n) is 10.3. The third kappa shape index (κ3) is 9.10. The maximum absolute atomic E-state index is 14.1. The third-order valence-electron chi connectivity index (χ3n) is 6.51. The second-order valence-corrected chi connectivity index (χ2v) is 12.6. The Balaban J connectivity index is 2.03. The molecule has 0 saturated carbocycles. The molecule has 2 amide bonds. The molecule has 0 aliphatic carbocycles. The fourth-order valence-electron chi connectivity index (χ4n) is 4.32. The van der Waals surface area contributed by atoms with Crippen molar-refractivity contribution in [1.29, 1.82) is 0 Å². The Bertz CT molecular complexity index is 1380. The van der Waals surface area contributed by atoms with E-state index in [9.17, 15) is 18.0 Å². The molecule has 1 N–H and O–H groups in total. The first-order valence-corrected chi connectivity index (χ1v) is 15.6. The number of aryl methyl sites for hydroxylation is 1. The first-order valence-electron chi connectivity index (χ1n) is 13.4. The molecule has 214 valence electrons. The van der Waals surface area contributed by atoms with Gasteiger partial charge >= 0.3 is 0 Å². The number of carbonyl (C=O) groups is 2. The molecule has 3 aromatic carbocycles. The van der Waals surface area contributed by atoms with Gasteiger partial charge in [-0.3, -0.25) is 13.9 Å². The average molecular weight is 584 g/mol. The number of halogens is 1. The molecule has 1 atom stereocenters. The van der Waals surface area contributed by atoms with E-state index < -0.39 is 28.5 Å². The topological polar surface area (TPSA) is 86.8 Å². The van der Waals surface area contributed by atoms with Crippen LogP contribution in [0.3, 0.4) is 0 Å². The number of anilines is 1. The number of rotatable bonds is 13. The van der Waals surface area contributed by atoms with Crippen LogP contribution in [0.1, 0.15) is 37.5 Å². The highest BCUT2D eigenvalue weighted by molar-refractivity contribution is 7.92. The fraction of sp³-hybridized carbons (Fsp3) is 0.355. The van der Waals surface area contributed by atoms with Gasteiger partial charge in [-0.15, -0.1) is 0 Å². The van der Waals surface area contributed by atoms with Crippen molar-refractivity contribution < 1.29 is 18.0 Å². The van der Waals surface area contributed by atoms with Crippen LogP contribution in [0.15, 0.2) is 78.9 Å². The molecule has 0 aliphatic rings. The van der Waals surface area contributed by atoms with E-state index in [1.165, 1.54) is 4.90 Å². The Morgan fingerprint density at radius 1 is 0.900 bits per heavy atom. The van der Waals surface area contributed by atoms with Crippen molar-refractivity contribution in [3.05, 3.63) is 101 Å². The van der Waals surface area contributed by atoms with E-state index in [-0.39, 0.29) is 24.8 Å². The average Bonchev–Trinajstić information content (AvgIpc) is 2.92. The van der Waals surface area contributed by atoms with Gasteiger partial charge in [-0.1, -0.05) is 87.0 Å². The molecule has 1 unspecified atom stereocenters. The number of hydrogen-bond donors (Lipinski definition) is 1. The maximum atomic E-state index is 14.1. The van der Waals surface area contributed by atoms with Crippen molar-refractivity contribution in [3.8, 4) is 0 Å². The van der Waals surface area contributed by atoms with Gasteiger partial charge in [-0.25, -0.2) is 8.42 Å². The molecule has 0 aliphatic heterocycles. The Kier molecular flexibility index (Phi) is 11.2. The second kappa shape index (κ2) is 14.3. The summed E-state index contributed by atoms with van der Waals surface area (Å²) in [6.45, 7) is 6.08. The van der Waals surface area contributed by atoms with Crippen molar-refractivity contribution >= 4 is 39.1 Å². The molecule has 0 spiro atoms. The monoisotopic (exact) mass is 583 g/mol. The summed E-state index contributed by atoms with van der Waals surface area (Å²) < 4.78 is 26.8. The number of hydrogen-bond acceptors (Lipinski definition) is 4. The Labute approximate surface area is 243 Å². The molecule has 0 heterocycles. The lowest BCUT2D eigenvalue weighted by atomic mass is 10.0. The summed E-state index contributed by atoms with van der Waals surface area (Å²) in [7, 11) is -3.81. The van der Waals surface area contributed by atoms with Gasteiger partial charge in [0.25, 0.3) is 0 Å². The highest BCUT2D eigenvalue weighted by Gasteiger charge is 2.33. The van der Waals surface area contributed by atoms with Crippen molar-refractivity contribution in [1.82, 2.24) is 10.2 Å². The van der Waals surface area contributed by atoms with Gasteiger partial charge in [0.1, 0.15) is 12.6 Å². The van der Waals surface area contributed by atoms with Crippen molar-refractivity contribution in [2.24, 2.45) is 5.92 Å². The fourth-order valence-corrected chi connectivity index (χ4v) is 5.38. The predicted molar refractivity (Wildman–Crippen MR) is 162 cm³/mol. The molecular formula is C31H38ClN3O4S. The minimum atomic E-state index is -3.81. The summed E-state index contributed by atoms with van der Waals surface area (Å²) in [4.78, 5) is 29.1. The molecule has 40 heavy (non-hydrogen) atoms. The summed E-state index contributed by atoms with van der Waals surface area (Å²) >= 11 is 6.24. The van der Waals surface area contributed by atoms with E-state index in [1.54, 1.807) is 30.3 Å². The van der Waals surface area contributed by atoms with Crippen LogP contribution in [0.4, 0.5) is 5.69 Å². The van der Waals surface area contributed by atoms with E-state index in [0.29, 0.717) is 17.3 Å². The molecule has 0 radical (unpaired) electrons. The van der Waals surface area contributed by atoms with Gasteiger partial charge in [0.15, 0.2) is 0 Å². The normalized spacial score (nSPS) is 12.2. The third-order valence-corrected chi connectivity index (χ3v) is 7.89. The minimum Gasteiger partial charge on any atom is -0.354 e. The SMILES string of the molecule is CCc1ccc(N(CC(=O)N(Cc2cccc(Cl)c2)C(Cc2ccccc2)C(=O)NCC(C)C)S(C)(=O)=O)cc1. The van der Waals surface area contributed by atoms with Crippen LogP contribution in [-0.4, -0.2) is 50.5 Å². The molecule has 0 bridgehead atoms. The summed E-state index contributed by atoms with van der Waals surface area (Å²) in [6.07, 6.45) is 2.14. The van der Waals surface area contributed by atoms with Crippen LogP contribution >= 0.6 is 11.6 Å². The molecule has 0 saturated heterocycles. The van der Waals surface area contributed by atoms with E-state index in [1.807, 2.05) is 69.3 Å². The van der Waals surface area contributed by atoms with Gasteiger partial charge in [0, 0.05) is 24.5 Å². The van der Waals surface area contributed by atoms with E-state index in [4.69, 9.17) is 11.6 Å². The van der Waals surface area contributed by atoms with E-state index >= 15 is 0 Å². The van der Waals surface area contributed by atoms with Crippen LogP contribution in [-0.2, 0) is 39.0 Å². The number of nitrogens with zero attached hydrogens (tertiary/aromatic N) is 2. The molecule has 3 rings (SSSR count). The lowest BCUT2D eigenvalue weighted by Crippen LogP contribution is -2.53. The highest BCUT2D eigenvalue weighted by atomic mass is 35.5. The van der Waals surface area contributed by atoms with Crippen LogP contribution in [0.5, 0.6) is 0 Å². The zero-order valence-electron chi connectivity index (χ0n) is 23.5. The van der Waals surface area contributed by atoms with Crippen molar-refractivity contribution in [2.75, 3.05) is 23.7 Å². The van der Waals surface area contributed by atoms with Gasteiger partial charge in [0.2, 0.25) is 21.8 Å². The zero-order chi connectivity index (χ0) is 29.3. The maximum Gasteiger partial charge on any atom is 0.244 e. The van der Waals surface area contributed by atoms with Crippen LogP contribution < -0.4 is 9.62 Å². The predicted octanol–water partition coefficient (Wildman–Crippen LogP) is 5.08. The molecule has 7 nitrogen and oxygen atoms in total. The number of nitrogens with one attached hydrogen (secondary N) is 1. The van der Waals surface area contributed by atoms with Crippen LogP contribution in [0, 0.1) is 5.92 Å². The first-order chi connectivity index (χ1) is 19.0. The molecule has 0 aromatic heterocycles. The minimum absolute atomic E-state index is 0.0817. The summed E-state index contributed by atoms with van der Waals surface area (Å²) in [5.74, 6) is -0.582. The standard InChI is InChI=1S/C31H38ClN3O4S/c1-5-24-14-16-28(17-15-24)35(40(4,38)39)22-30(36)34(21-26-12-9-13-27(32)18-26)29(31(37)33-20-23(2)3)19-25-10-7-6-8-11-25/h6-18,23,29H,5,19-22H2,1-4H3,(H,33,37). The van der Waals surface area contributed by atoms with Gasteiger partial charge < -0.3 is 10.2 Å². The molecule has 0 fully saturated rings. The summed E-state index contributed by atoms with van der Waals surface area (Å²) in [6, 6.07) is 22.8. The lowest BCUT2D eigenvalue weighted by Gasteiger charge is -2.33. The Morgan fingerprint density at radius 2 is 1.55 bits per heavy atom. The van der Waals surface area contributed by atoms with Gasteiger partial charge in [0.05, 0.1) is 11.9 Å². The number of sulfonamides is 1. The number of amides is 2. The summed E-state index contributed by atoms with van der Waals surface area (Å²) in [5, 5.41) is 3.47. The van der Waals surface area contributed by atoms with Gasteiger partial charge in [-0.2, -0.15) is 0 Å². The lowest BCUT2D eigenvalue weighted by molar-refractivity contribution is -0.140. The quantitative estimate of drug-likeness (QED) is 0.304. The largest absolute Gasteiger partial charge is 0.354 e. The van der Waals surface area contributed by atoms with Crippen molar-refractivity contribution in [3.63, 3.8) is 0 Å².